The van der Waals surface area contributed by atoms with E-state index in [1.165, 1.54) is 5.56 Å². The first-order valence-corrected chi connectivity index (χ1v) is 6.20. The summed E-state index contributed by atoms with van der Waals surface area (Å²) in [6.45, 7) is 5.61. The summed E-state index contributed by atoms with van der Waals surface area (Å²) in [5, 5.41) is 0. The van der Waals surface area contributed by atoms with Crippen LogP contribution in [0.5, 0.6) is 0 Å². The molecule has 0 radical (unpaired) electrons. The van der Waals surface area contributed by atoms with Crippen LogP contribution >= 0.6 is 12.4 Å². The summed E-state index contributed by atoms with van der Waals surface area (Å²) in [5.74, 6) is 0.148. The zero-order chi connectivity index (χ0) is 12.4. The van der Waals surface area contributed by atoms with Crippen molar-refractivity contribution in [2.75, 3.05) is 13.1 Å². The van der Waals surface area contributed by atoms with Crippen molar-refractivity contribution in [2.24, 2.45) is 5.73 Å². The van der Waals surface area contributed by atoms with E-state index in [2.05, 4.69) is 6.07 Å². The highest BCUT2D eigenvalue weighted by Gasteiger charge is 2.22. The molecule has 0 aromatic heterocycles. The van der Waals surface area contributed by atoms with Crippen LogP contribution in [0.3, 0.4) is 0 Å². The lowest BCUT2D eigenvalue weighted by atomic mass is 10.0. The second-order valence-corrected chi connectivity index (χ2v) is 4.95. The Morgan fingerprint density at radius 1 is 1.28 bits per heavy atom. The largest absolute Gasteiger partial charge is 0.339 e. The quantitative estimate of drug-likeness (QED) is 0.849. The van der Waals surface area contributed by atoms with Crippen molar-refractivity contribution in [3.63, 3.8) is 0 Å². The maximum Gasteiger partial charge on any atom is 0.254 e. The molecule has 18 heavy (non-hydrogen) atoms. The third-order valence-corrected chi connectivity index (χ3v) is 3.44. The van der Waals surface area contributed by atoms with E-state index in [0.29, 0.717) is 0 Å². The van der Waals surface area contributed by atoms with Crippen molar-refractivity contribution in [2.45, 2.75) is 32.7 Å². The van der Waals surface area contributed by atoms with Gasteiger partial charge in [0.05, 0.1) is 0 Å². The van der Waals surface area contributed by atoms with E-state index in [1.54, 1.807) is 0 Å². The van der Waals surface area contributed by atoms with Gasteiger partial charge in [-0.2, -0.15) is 0 Å². The summed E-state index contributed by atoms with van der Waals surface area (Å²) in [6, 6.07) is 6.25. The molecule has 4 heteroatoms. The lowest BCUT2D eigenvalue weighted by molar-refractivity contribution is 0.0714. The van der Waals surface area contributed by atoms with Crippen LogP contribution in [0, 0.1) is 13.8 Å². The van der Waals surface area contributed by atoms with Crippen LogP contribution in [0.15, 0.2) is 18.2 Å². The minimum absolute atomic E-state index is 0. The molecule has 0 aliphatic carbocycles. The van der Waals surface area contributed by atoms with Gasteiger partial charge in [0.2, 0.25) is 0 Å². The highest BCUT2D eigenvalue weighted by molar-refractivity contribution is 5.95. The number of aryl methyl sites for hydroxylation is 2. The fourth-order valence-corrected chi connectivity index (χ4v) is 2.33. The lowest BCUT2D eigenvalue weighted by Crippen LogP contribution is -2.43. The Morgan fingerprint density at radius 3 is 2.44 bits per heavy atom. The molecule has 0 saturated carbocycles. The second-order valence-electron chi connectivity index (χ2n) is 4.95. The SMILES string of the molecule is Cc1ccc(C(=O)N2CCC(N)CC2)c(C)c1.Cl. The van der Waals surface area contributed by atoms with Crippen LogP contribution < -0.4 is 5.73 Å². The number of carbonyl (C=O) groups is 1. The van der Waals surface area contributed by atoms with E-state index in [9.17, 15) is 4.79 Å². The fourth-order valence-electron chi connectivity index (χ4n) is 2.33. The Bertz CT molecular complexity index is 426. The lowest BCUT2D eigenvalue weighted by Gasteiger charge is -2.30. The number of hydrogen-bond acceptors (Lipinski definition) is 2. The summed E-state index contributed by atoms with van der Waals surface area (Å²) < 4.78 is 0. The molecule has 1 aliphatic rings. The van der Waals surface area contributed by atoms with Gasteiger partial charge in [0.15, 0.2) is 0 Å². The molecule has 1 heterocycles. The van der Waals surface area contributed by atoms with Gasteiger partial charge in [0.1, 0.15) is 0 Å². The van der Waals surface area contributed by atoms with E-state index in [4.69, 9.17) is 5.73 Å². The van der Waals surface area contributed by atoms with E-state index in [-0.39, 0.29) is 24.4 Å². The molecular formula is C14H21ClN2O. The maximum atomic E-state index is 12.3. The van der Waals surface area contributed by atoms with Crippen LogP contribution in [0.4, 0.5) is 0 Å². The molecule has 1 aromatic carbocycles. The normalized spacial score (nSPS) is 16.3. The molecule has 3 nitrogen and oxygen atoms in total. The molecule has 2 N–H and O–H groups in total. The average molecular weight is 269 g/mol. The molecule has 0 spiro atoms. The first-order valence-electron chi connectivity index (χ1n) is 6.20. The molecule has 1 amide bonds. The first-order chi connectivity index (χ1) is 8.08. The molecule has 2 rings (SSSR count). The number of halogens is 1. The standard InChI is InChI=1S/C14H20N2O.ClH/c1-10-3-4-13(11(2)9-10)14(17)16-7-5-12(15)6-8-16;/h3-4,9,12H,5-8,15H2,1-2H3;1H. The molecule has 1 aromatic rings. The van der Waals surface area contributed by atoms with Gasteiger partial charge < -0.3 is 10.6 Å². The van der Waals surface area contributed by atoms with Crippen molar-refractivity contribution < 1.29 is 4.79 Å². The molecule has 1 saturated heterocycles. The van der Waals surface area contributed by atoms with E-state index < -0.39 is 0 Å². The van der Waals surface area contributed by atoms with Crippen LogP contribution in [-0.2, 0) is 0 Å². The van der Waals surface area contributed by atoms with Gasteiger partial charge in [-0.25, -0.2) is 0 Å². The van der Waals surface area contributed by atoms with Gasteiger partial charge in [-0.05, 0) is 38.3 Å². The van der Waals surface area contributed by atoms with Gasteiger partial charge in [-0.3, -0.25) is 4.79 Å². The number of amides is 1. The van der Waals surface area contributed by atoms with Crippen LogP contribution in [0.25, 0.3) is 0 Å². The average Bonchev–Trinajstić information content (AvgIpc) is 2.29. The highest BCUT2D eigenvalue weighted by atomic mass is 35.5. The fraction of sp³-hybridized carbons (Fsp3) is 0.500. The van der Waals surface area contributed by atoms with Crippen molar-refractivity contribution in [3.05, 3.63) is 34.9 Å². The van der Waals surface area contributed by atoms with Crippen LogP contribution in [0.2, 0.25) is 0 Å². The molecule has 1 aliphatic heterocycles. The Kier molecular flexibility index (Phi) is 5.17. The van der Waals surface area contributed by atoms with Gasteiger partial charge in [0.25, 0.3) is 5.91 Å². The number of nitrogens with two attached hydrogens (primary N) is 1. The summed E-state index contributed by atoms with van der Waals surface area (Å²) >= 11 is 0. The number of piperidine rings is 1. The van der Waals surface area contributed by atoms with Crippen molar-refractivity contribution in [1.29, 1.82) is 0 Å². The predicted molar refractivity (Wildman–Crippen MR) is 76.3 cm³/mol. The smallest absolute Gasteiger partial charge is 0.254 e. The Morgan fingerprint density at radius 2 is 1.89 bits per heavy atom. The summed E-state index contributed by atoms with van der Waals surface area (Å²) in [6.07, 6.45) is 1.83. The van der Waals surface area contributed by atoms with Gasteiger partial charge in [-0.1, -0.05) is 17.7 Å². The Balaban J connectivity index is 0.00000162. The molecule has 0 bridgehead atoms. The number of rotatable bonds is 1. The Hall–Kier alpha value is -1.06. The maximum absolute atomic E-state index is 12.3. The molecule has 0 atom stereocenters. The Labute approximate surface area is 115 Å². The van der Waals surface area contributed by atoms with Crippen molar-refractivity contribution in [1.82, 2.24) is 4.90 Å². The van der Waals surface area contributed by atoms with Gasteiger partial charge >= 0.3 is 0 Å². The first kappa shape index (κ1) is 15.0. The molecular weight excluding hydrogens is 248 g/mol. The molecule has 1 fully saturated rings. The number of carbonyl (C=O) groups excluding carboxylic acids is 1. The zero-order valence-corrected chi connectivity index (χ0v) is 11.8. The number of hydrogen-bond donors (Lipinski definition) is 1. The van der Waals surface area contributed by atoms with Crippen LogP contribution in [-0.4, -0.2) is 29.9 Å². The third kappa shape index (κ3) is 3.24. The minimum Gasteiger partial charge on any atom is -0.339 e. The van der Waals surface area contributed by atoms with Crippen LogP contribution in [0.1, 0.15) is 34.3 Å². The third-order valence-electron chi connectivity index (χ3n) is 3.44. The minimum atomic E-state index is 0. The number of benzene rings is 1. The van der Waals surface area contributed by atoms with Crippen molar-refractivity contribution >= 4 is 18.3 Å². The van der Waals surface area contributed by atoms with E-state index in [1.807, 2.05) is 30.9 Å². The van der Waals surface area contributed by atoms with Crippen molar-refractivity contribution in [3.8, 4) is 0 Å². The summed E-state index contributed by atoms with van der Waals surface area (Å²) in [7, 11) is 0. The van der Waals surface area contributed by atoms with E-state index >= 15 is 0 Å². The van der Waals surface area contributed by atoms with E-state index in [0.717, 1.165) is 37.1 Å². The molecule has 100 valence electrons. The highest BCUT2D eigenvalue weighted by Crippen LogP contribution is 2.16. The van der Waals surface area contributed by atoms with Gasteiger partial charge in [0, 0.05) is 24.7 Å². The second kappa shape index (κ2) is 6.21. The summed E-state index contributed by atoms with van der Waals surface area (Å²) in [4.78, 5) is 14.2. The molecule has 0 unspecified atom stereocenters. The summed E-state index contributed by atoms with van der Waals surface area (Å²) in [5.41, 5.74) is 8.93. The van der Waals surface area contributed by atoms with Gasteiger partial charge in [-0.15, -0.1) is 12.4 Å². The zero-order valence-electron chi connectivity index (χ0n) is 11.0. The monoisotopic (exact) mass is 268 g/mol. The topological polar surface area (TPSA) is 46.3 Å². The predicted octanol–water partition coefficient (Wildman–Crippen LogP) is 2.29. The number of likely N-dealkylation sites (tertiary alicyclic amines) is 1. The number of nitrogens with zero attached hydrogens (tertiary/aromatic N) is 1.